The quantitative estimate of drug-likeness (QED) is 0.824. The average Bonchev–Trinajstić information content (AvgIpc) is 2.53. The molecule has 1 fully saturated rings. The summed E-state index contributed by atoms with van der Waals surface area (Å²) in [6.07, 6.45) is 1.24. The zero-order valence-electron chi connectivity index (χ0n) is 12.1. The molecule has 0 N–H and O–H groups in total. The SMILES string of the molecule is Cc1cc(C#N)ccc1CN1CCSC(C)(C)CC1. The summed E-state index contributed by atoms with van der Waals surface area (Å²) in [4.78, 5) is 2.54. The first-order valence-electron chi connectivity index (χ1n) is 6.86. The molecule has 3 heteroatoms. The van der Waals surface area contributed by atoms with Gasteiger partial charge in [0.05, 0.1) is 11.6 Å². The van der Waals surface area contributed by atoms with E-state index in [-0.39, 0.29) is 0 Å². The fourth-order valence-electron chi connectivity index (χ4n) is 2.40. The zero-order valence-corrected chi connectivity index (χ0v) is 12.9. The van der Waals surface area contributed by atoms with Gasteiger partial charge in [-0.05, 0) is 43.1 Å². The Morgan fingerprint density at radius 3 is 2.84 bits per heavy atom. The normalized spacial score (nSPS) is 19.7. The Kier molecular flexibility index (Phi) is 4.54. The van der Waals surface area contributed by atoms with E-state index in [1.165, 1.54) is 29.8 Å². The van der Waals surface area contributed by atoms with Crippen LogP contribution in [0.3, 0.4) is 0 Å². The van der Waals surface area contributed by atoms with E-state index in [1.54, 1.807) is 0 Å². The highest BCUT2D eigenvalue weighted by atomic mass is 32.2. The van der Waals surface area contributed by atoms with E-state index < -0.39 is 0 Å². The Balaban J connectivity index is 2.03. The number of benzene rings is 1. The van der Waals surface area contributed by atoms with Gasteiger partial charge >= 0.3 is 0 Å². The summed E-state index contributed by atoms with van der Waals surface area (Å²) < 4.78 is 0.411. The monoisotopic (exact) mass is 274 g/mol. The third kappa shape index (κ3) is 3.99. The lowest BCUT2D eigenvalue weighted by Crippen LogP contribution is -2.27. The fraction of sp³-hybridized carbons (Fsp3) is 0.562. The van der Waals surface area contributed by atoms with E-state index in [0.29, 0.717) is 4.75 Å². The van der Waals surface area contributed by atoms with E-state index in [9.17, 15) is 0 Å². The Hall–Kier alpha value is -0.980. The van der Waals surface area contributed by atoms with Crippen LogP contribution in [0.15, 0.2) is 18.2 Å². The molecular weight excluding hydrogens is 252 g/mol. The van der Waals surface area contributed by atoms with E-state index in [2.05, 4.69) is 49.6 Å². The molecule has 0 aliphatic carbocycles. The maximum absolute atomic E-state index is 8.91. The molecule has 19 heavy (non-hydrogen) atoms. The minimum atomic E-state index is 0.411. The predicted octanol–water partition coefficient (Wildman–Crippen LogP) is 3.58. The Bertz CT molecular complexity index is 488. The topological polar surface area (TPSA) is 27.0 Å². The molecule has 0 amide bonds. The Morgan fingerprint density at radius 2 is 2.16 bits per heavy atom. The van der Waals surface area contributed by atoms with Crippen LogP contribution in [0.1, 0.15) is 37.0 Å². The first-order valence-corrected chi connectivity index (χ1v) is 7.85. The van der Waals surface area contributed by atoms with E-state index in [0.717, 1.165) is 18.7 Å². The first kappa shape index (κ1) is 14.4. The van der Waals surface area contributed by atoms with Crippen molar-refractivity contribution in [3.63, 3.8) is 0 Å². The van der Waals surface area contributed by atoms with Crippen LogP contribution in [0.25, 0.3) is 0 Å². The summed E-state index contributed by atoms with van der Waals surface area (Å²) in [6.45, 7) is 10.1. The van der Waals surface area contributed by atoms with Crippen LogP contribution in [0, 0.1) is 18.3 Å². The van der Waals surface area contributed by atoms with Crippen molar-refractivity contribution in [2.75, 3.05) is 18.8 Å². The van der Waals surface area contributed by atoms with Gasteiger partial charge in [0.15, 0.2) is 0 Å². The average molecular weight is 274 g/mol. The van der Waals surface area contributed by atoms with E-state index >= 15 is 0 Å². The lowest BCUT2D eigenvalue weighted by molar-refractivity contribution is 0.276. The van der Waals surface area contributed by atoms with Gasteiger partial charge in [-0.2, -0.15) is 17.0 Å². The molecule has 1 aromatic carbocycles. The standard InChI is InChI=1S/C16H22N2S/c1-13-10-14(11-17)4-5-15(13)12-18-7-6-16(2,3)19-9-8-18/h4-5,10H,6-9,12H2,1-3H3. The molecule has 0 bridgehead atoms. The summed E-state index contributed by atoms with van der Waals surface area (Å²) in [5, 5.41) is 8.91. The van der Waals surface area contributed by atoms with Crippen molar-refractivity contribution in [1.29, 1.82) is 5.26 Å². The van der Waals surface area contributed by atoms with Gasteiger partial charge in [0.1, 0.15) is 0 Å². The summed E-state index contributed by atoms with van der Waals surface area (Å²) in [6, 6.07) is 8.23. The minimum absolute atomic E-state index is 0.411. The van der Waals surface area contributed by atoms with Crippen LogP contribution in [0.2, 0.25) is 0 Å². The minimum Gasteiger partial charge on any atom is -0.298 e. The molecule has 1 aromatic rings. The van der Waals surface area contributed by atoms with Gasteiger partial charge in [0, 0.05) is 23.6 Å². The summed E-state index contributed by atoms with van der Waals surface area (Å²) in [7, 11) is 0. The smallest absolute Gasteiger partial charge is 0.0991 e. The molecule has 0 saturated carbocycles. The molecule has 1 heterocycles. The van der Waals surface area contributed by atoms with Crippen LogP contribution in [-0.2, 0) is 6.54 Å². The molecule has 0 atom stereocenters. The van der Waals surface area contributed by atoms with Gasteiger partial charge in [-0.1, -0.05) is 19.9 Å². The van der Waals surface area contributed by atoms with Crippen molar-refractivity contribution >= 4 is 11.8 Å². The zero-order chi connectivity index (χ0) is 13.9. The Morgan fingerprint density at radius 1 is 1.37 bits per heavy atom. The molecular formula is C16H22N2S. The molecule has 102 valence electrons. The highest BCUT2D eigenvalue weighted by Crippen LogP contribution is 2.31. The lowest BCUT2D eigenvalue weighted by atomic mass is 10.0. The lowest BCUT2D eigenvalue weighted by Gasteiger charge is -2.23. The second-order valence-electron chi connectivity index (χ2n) is 5.89. The van der Waals surface area contributed by atoms with Gasteiger partial charge in [-0.3, -0.25) is 4.90 Å². The third-order valence-corrected chi connectivity index (χ3v) is 5.17. The van der Waals surface area contributed by atoms with Gasteiger partial charge < -0.3 is 0 Å². The highest BCUT2D eigenvalue weighted by Gasteiger charge is 2.23. The van der Waals surface area contributed by atoms with Gasteiger partial charge in [-0.15, -0.1) is 0 Å². The van der Waals surface area contributed by atoms with Crippen LogP contribution in [-0.4, -0.2) is 28.5 Å². The number of nitriles is 1. The van der Waals surface area contributed by atoms with Crippen LogP contribution in [0.5, 0.6) is 0 Å². The number of thioether (sulfide) groups is 1. The fourth-order valence-corrected chi connectivity index (χ4v) is 3.54. The van der Waals surface area contributed by atoms with Crippen molar-refractivity contribution in [3.8, 4) is 6.07 Å². The summed E-state index contributed by atoms with van der Waals surface area (Å²) in [5.74, 6) is 1.21. The summed E-state index contributed by atoms with van der Waals surface area (Å²) >= 11 is 2.08. The van der Waals surface area contributed by atoms with Crippen molar-refractivity contribution in [2.24, 2.45) is 0 Å². The number of nitrogens with zero attached hydrogens (tertiary/aromatic N) is 2. The predicted molar refractivity (Wildman–Crippen MR) is 82.3 cm³/mol. The van der Waals surface area contributed by atoms with Gasteiger partial charge in [-0.25, -0.2) is 0 Å². The van der Waals surface area contributed by atoms with Crippen LogP contribution >= 0.6 is 11.8 Å². The van der Waals surface area contributed by atoms with Crippen molar-refractivity contribution in [2.45, 2.75) is 38.5 Å². The van der Waals surface area contributed by atoms with E-state index in [1.807, 2.05) is 12.1 Å². The van der Waals surface area contributed by atoms with Crippen molar-refractivity contribution in [3.05, 3.63) is 34.9 Å². The van der Waals surface area contributed by atoms with Crippen LogP contribution < -0.4 is 0 Å². The summed E-state index contributed by atoms with van der Waals surface area (Å²) in [5.41, 5.74) is 3.34. The van der Waals surface area contributed by atoms with Gasteiger partial charge in [0.2, 0.25) is 0 Å². The second-order valence-corrected chi connectivity index (χ2v) is 7.69. The Labute approximate surface area is 120 Å². The highest BCUT2D eigenvalue weighted by molar-refractivity contribution is 8.00. The van der Waals surface area contributed by atoms with E-state index in [4.69, 9.17) is 5.26 Å². The first-order chi connectivity index (χ1) is 9.00. The molecule has 2 rings (SSSR count). The molecule has 0 unspecified atom stereocenters. The van der Waals surface area contributed by atoms with Gasteiger partial charge in [0.25, 0.3) is 0 Å². The number of hydrogen-bond donors (Lipinski definition) is 0. The molecule has 2 nitrogen and oxygen atoms in total. The molecule has 1 aliphatic heterocycles. The number of aryl methyl sites for hydroxylation is 1. The molecule has 1 aliphatic rings. The molecule has 1 saturated heterocycles. The maximum atomic E-state index is 8.91. The molecule has 0 aromatic heterocycles. The number of hydrogen-bond acceptors (Lipinski definition) is 3. The third-order valence-electron chi connectivity index (χ3n) is 3.80. The van der Waals surface area contributed by atoms with Crippen molar-refractivity contribution in [1.82, 2.24) is 4.90 Å². The molecule has 0 spiro atoms. The number of rotatable bonds is 2. The van der Waals surface area contributed by atoms with Crippen LogP contribution in [0.4, 0.5) is 0 Å². The second kappa shape index (κ2) is 5.98. The van der Waals surface area contributed by atoms with Crippen molar-refractivity contribution < 1.29 is 0 Å². The largest absolute Gasteiger partial charge is 0.298 e. The molecule has 0 radical (unpaired) electrons. The maximum Gasteiger partial charge on any atom is 0.0991 e.